The van der Waals surface area contributed by atoms with Gasteiger partial charge in [-0.3, -0.25) is 0 Å². The van der Waals surface area contributed by atoms with Crippen LogP contribution in [0.3, 0.4) is 0 Å². The fraction of sp³-hybridized carbons (Fsp3) is 0.111. The molecule has 2 aromatic carbocycles. The molecule has 0 radical (unpaired) electrons. The van der Waals surface area contributed by atoms with Crippen LogP contribution >= 0.6 is 11.6 Å². The van der Waals surface area contributed by atoms with Crippen molar-refractivity contribution in [3.05, 3.63) is 65.4 Å². The van der Waals surface area contributed by atoms with Crippen molar-refractivity contribution in [2.75, 3.05) is 17.7 Å². The third-order valence-corrected chi connectivity index (χ3v) is 3.67. The highest BCUT2D eigenvalue weighted by molar-refractivity contribution is 6.33. The number of para-hydroxylation sites is 1. The second-order valence-corrected chi connectivity index (χ2v) is 5.55. The number of rotatable bonds is 5. The zero-order valence-corrected chi connectivity index (χ0v) is 14.1. The largest absolute Gasteiger partial charge is 0.497 e. The number of hydrogen-bond acceptors (Lipinski definition) is 5. The van der Waals surface area contributed by atoms with Crippen molar-refractivity contribution in [1.29, 1.82) is 0 Å². The second kappa shape index (κ2) is 7.19. The summed E-state index contributed by atoms with van der Waals surface area (Å²) in [5.41, 5.74) is 1.71. The van der Waals surface area contributed by atoms with Crippen LogP contribution in [-0.2, 0) is 0 Å². The number of halogens is 1. The van der Waals surface area contributed by atoms with E-state index in [1.54, 1.807) is 7.11 Å². The monoisotopic (exact) mass is 340 g/mol. The molecule has 1 heterocycles. The molecular formula is C18H17ClN4O. The highest BCUT2D eigenvalue weighted by Crippen LogP contribution is 2.26. The van der Waals surface area contributed by atoms with Crippen LogP contribution in [0, 0.1) is 6.92 Å². The summed E-state index contributed by atoms with van der Waals surface area (Å²) in [7, 11) is 1.64. The fourth-order valence-electron chi connectivity index (χ4n) is 2.22. The normalized spacial score (nSPS) is 10.3. The summed E-state index contributed by atoms with van der Waals surface area (Å²) in [5, 5.41) is 7.11. The number of benzene rings is 2. The molecule has 5 nitrogen and oxygen atoms in total. The van der Waals surface area contributed by atoms with Gasteiger partial charge in [-0.05, 0) is 43.3 Å². The number of aryl methyl sites for hydroxylation is 1. The lowest BCUT2D eigenvalue weighted by Gasteiger charge is -2.11. The van der Waals surface area contributed by atoms with Gasteiger partial charge in [0.05, 0.1) is 17.8 Å². The van der Waals surface area contributed by atoms with Gasteiger partial charge in [0.25, 0.3) is 0 Å². The predicted octanol–water partition coefficient (Wildman–Crippen LogP) is 4.93. The summed E-state index contributed by atoms with van der Waals surface area (Å²) in [6.07, 6.45) is 0. The molecule has 0 unspecified atom stereocenters. The smallest absolute Gasteiger partial charge is 0.136 e. The third kappa shape index (κ3) is 3.94. The van der Waals surface area contributed by atoms with E-state index in [1.165, 1.54) is 0 Å². The summed E-state index contributed by atoms with van der Waals surface area (Å²) >= 11 is 6.18. The van der Waals surface area contributed by atoms with Crippen LogP contribution in [0.5, 0.6) is 5.75 Å². The van der Waals surface area contributed by atoms with E-state index in [4.69, 9.17) is 16.3 Å². The van der Waals surface area contributed by atoms with Crippen LogP contribution in [-0.4, -0.2) is 17.1 Å². The Labute approximate surface area is 145 Å². The Balaban J connectivity index is 1.81. The second-order valence-electron chi connectivity index (χ2n) is 5.14. The van der Waals surface area contributed by atoms with Crippen molar-refractivity contribution in [3.63, 3.8) is 0 Å². The van der Waals surface area contributed by atoms with Gasteiger partial charge in [0.1, 0.15) is 23.2 Å². The zero-order valence-electron chi connectivity index (χ0n) is 13.4. The predicted molar refractivity (Wildman–Crippen MR) is 97.8 cm³/mol. The lowest BCUT2D eigenvalue weighted by molar-refractivity contribution is 0.415. The van der Waals surface area contributed by atoms with Gasteiger partial charge in [-0.15, -0.1) is 0 Å². The molecular weight excluding hydrogens is 324 g/mol. The molecule has 3 rings (SSSR count). The third-order valence-electron chi connectivity index (χ3n) is 3.34. The first-order chi connectivity index (χ1) is 11.6. The fourth-order valence-corrected chi connectivity index (χ4v) is 2.40. The van der Waals surface area contributed by atoms with E-state index in [-0.39, 0.29) is 0 Å². The molecule has 0 saturated carbocycles. The molecule has 0 amide bonds. The number of nitrogens with zero attached hydrogens (tertiary/aromatic N) is 2. The lowest BCUT2D eigenvalue weighted by atomic mass is 10.3. The number of anilines is 4. The minimum absolute atomic E-state index is 0.637. The molecule has 0 bridgehead atoms. The molecule has 122 valence electrons. The average molecular weight is 341 g/mol. The summed E-state index contributed by atoms with van der Waals surface area (Å²) in [5.74, 6) is 2.83. The van der Waals surface area contributed by atoms with Gasteiger partial charge in [0.15, 0.2) is 0 Å². The Bertz CT molecular complexity index is 837. The molecule has 0 fully saturated rings. The van der Waals surface area contributed by atoms with Gasteiger partial charge in [0, 0.05) is 11.8 Å². The molecule has 24 heavy (non-hydrogen) atoms. The standard InChI is InChI=1S/C18H17ClN4O/c1-12-20-17(22-13-7-9-14(24-2)10-8-13)11-18(21-12)23-16-6-4-3-5-15(16)19/h3-11H,1-2H3,(H2,20,21,22,23). The Morgan fingerprint density at radius 1 is 0.917 bits per heavy atom. The Morgan fingerprint density at radius 3 is 2.25 bits per heavy atom. The summed E-state index contributed by atoms with van der Waals surface area (Å²) in [4.78, 5) is 8.81. The van der Waals surface area contributed by atoms with Gasteiger partial charge in [-0.1, -0.05) is 23.7 Å². The molecule has 0 aliphatic carbocycles. The molecule has 6 heteroatoms. The molecule has 0 aliphatic rings. The molecule has 0 aliphatic heterocycles. The van der Waals surface area contributed by atoms with Gasteiger partial charge in [0.2, 0.25) is 0 Å². The van der Waals surface area contributed by atoms with E-state index in [2.05, 4.69) is 20.6 Å². The molecule has 0 saturated heterocycles. The molecule has 3 aromatic rings. The first-order valence-electron chi connectivity index (χ1n) is 7.42. The van der Waals surface area contributed by atoms with Gasteiger partial charge < -0.3 is 15.4 Å². The van der Waals surface area contributed by atoms with Gasteiger partial charge >= 0.3 is 0 Å². The lowest BCUT2D eigenvalue weighted by Crippen LogP contribution is -2.01. The van der Waals surface area contributed by atoms with E-state index in [9.17, 15) is 0 Å². The highest BCUT2D eigenvalue weighted by Gasteiger charge is 2.05. The number of aromatic nitrogens is 2. The number of ether oxygens (including phenoxy) is 1. The number of hydrogen-bond donors (Lipinski definition) is 2. The van der Waals surface area contributed by atoms with E-state index < -0.39 is 0 Å². The molecule has 0 spiro atoms. The van der Waals surface area contributed by atoms with E-state index in [0.29, 0.717) is 22.5 Å². The van der Waals surface area contributed by atoms with Crippen molar-refractivity contribution in [1.82, 2.24) is 9.97 Å². The minimum atomic E-state index is 0.637. The van der Waals surface area contributed by atoms with Crippen LogP contribution in [0.4, 0.5) is 23.0 Å². The van der Waals surface area contributed by atoms with Crippen molar-refractivity contribution in [2.24, 2.45) is 0 Å². The summed E-state index contributed by atoms with van der Waals surface area (Å²) in [6, 6.07) is 17.0. The van der Waals surface area contributed by atoms with Crippen LogP contribution in [0.2, 0.25) is 5.02 Å². The quantitative estimate of drug-likeness (QED) is 0.689. The molecule has 0 atom stereocenters. The van der Waals surface area contributed by atoms with E-state index >= 15 is 0 Å². The maximum Gasteiger partial charge on any atom is 0.136 e. The Kier molecular flexibility index (Phi) is 4.82. The number of methoxy groups -OCH3 is 1. The average Bonchev–Trinajstić information content (AvgIpc) is 2.57. The maximum absolute atomic E-state index is 6.18. The number of nitrogens with one attached hydrogen (secondary N) is 2. The van der Waals surface area contributed by atoms with E-state index in [0.717, 1.165) is 17.1 Å². The van der Waals surface area contributed by atoms with Crippen molar-refractivity contribution < 1.29 is 4.74 Å². The Hall–Kier alpha value is -2.79. The van der Waals surface area contributed by atoms with Crippen LogP contribution in [0.1, 0.15) is 5.82 Å². The molecule has 2 N–H and O–H groups in total. The highest BCUT2D eigenvalue weighted by atomic mass is 35.5. The maximum atomic E-state index is 6.18. The van der Waals surface area contributed by atoms with Crippen molar-refractivity contribution in [3.8, 4) is 5.75 Å². The van der Waals surface area contributed by atoms with Crippen molar-refractivity contribution >= 4 is 34.6 Å². The molecule has 1 aromatic heterocycles. The van der Waals surface area contributed by atoms with Crippen LogP contribution < -0.4 is 15.4 Å². The SMILES string of the molecule is COc1ccc(Nc2cc(Nc3ccccc3Cl)nc(C)n2)cc1. The first kappa shape index (κ1) is 16.1. The van der Waals surface area contributed by atoms with Crippen LogP contribution in [0.25, 0.3) is 0 Å². The topological polar surface area (TPSA) is 59.1 Å². The zero-order chi connectivity index (χ0) is 16.9. The first-order valence-corrected chi connectivity index (χ1v) is 7.80. The van der Waals surface area contributed by atoms with Crippen LogP contribution in [0.15, 0.2) is 54.6 Å². The van der Waals surface area contributed by atoms with E-state index in [1.807, 2.05) is 61.5 Å². The van der Waals surface area contributed by atoms with Gasteiger partial charge in [-0.25, -0.2) is 9.97 Å². The van der Waals surface area contributed by atoms with Crippen molar-refractivity contribution in [2.45, 2.75) is 6.92 Å². The summed E-state index contributed by atoms with van der Waals surface area (Å²) < 4.78 is 5.16. The Morgan fingerprint density at radius 2 is 1.58 bits per heavy atom. The van der Waals surface area contributed by atoms with Gasteiger partial charge in [-0.2, -0.15) is 0 Å². The summed E-state index contributed by atoms with van der Waals surface area (Å²) in [6.45, 7) is 1.84. The minimum Gasteiger partial charge on any atom is -0.497 e.